The zero-order valence-electron chi connectivity index (χ0n) is 16.5. The Balaban J connectivity index is 1.72. The van der Waals surface area contributed by atoms with E-state index in [9.17, 15) is 4.79 Å². The number of rotatable bonds is 7. The molecule has 0 radical (unpaired) electrons. The summed E-state index contributed by atoms with van der Waals surface area (Å²) in [6.07, 6.45) is 4.06. The number of benzene rings is 2. The molecule has 1 atom stereocenters. The molecular formula is C22H23BrN4OS. The molecule has 5 nitrogen and oxygen atoms in total. The van der Waals surface area contributed by atoms with E-state index >= 15 is 0 Å². The van der Waals surface area contributed by atoms with Gasteiger partial charge in [-0.1, -0.05) is 58.0 Å². The molecule has 0 N–H and O–H groups in total. The van der Waals surface area contributed by atoms with E-state index in [2.05, 4.69) is 32.7 Å². The average molecular weight is 471 g/mol. The van der Waals surface area contributed by atoms with Crippen LogP contribution in [0.3, 0.4) is 0 Å². The lowest BCUT2D eigenvalue weighted by atomic mass is 10.1. The second-order valence-corrected chi connectivity index (χ2v) is 8.87. The van der Waals surface area contributed by atoms with Gasteiger partial charge in [-0.15, -0.1) is 11.7 Å². The maximum absolute atomic E-state index is 12.8. The van der Waals surface area contributed by atoms with Crippen LogP contribution in [-0.2, 0) is 11.2 Å². The summed E-state index contributed by atoms with van der Waals surface area (Å²) in [6, 6.07) is 16.1. The molecule has 1 saturated heterocycles. The van der Waals surface area contributed by atoms with Gasteiger partial charge in [0.15, 0.2) is 5.17 Å². The standard InChI is InChI=1S/C22H23BrN4OS/c1-4-13-27-21(28)20(14-16-5-9-18(23)10-6-16)29-22(27)25-24-15-17-7-11-19(12-8-17)26(2)3/h4-12,15,20H,1,13-14H2,2-3H3/b24-15-,25-22+/t20-/m1/s1. The van der Waals surface area contributed by atoms with Gasteiger partial charge >= 0.3 is 0 Å². The highest BCUT2D eigenvalue weighted by Crippen LogP contribution is 2.30. The lowest BCUT2D eigenvalue weighted by molar-refractivity contribution is -0.125. The van der Waals surface area contributed by atoms with Crippen LogP contribution in [-0.4, -0.2) is 48.1 Å². The van der Waals surface area contributed by atoms with Crippen molar-refractivity contribution in [2.75, 3.05) is 25.5 Å². The Bertz CT molecular complexity index is 923. The third kappa shape index (κ3) is 5.58. The van der Waals surface area contributed by atoms with E-state index in [-0.39, 0.29) is 11.2 Å². The van der Waals surface area contributed by atoms with E-state index in [4.69, 9.17) is 0 Å². The van der Waals surface area contributed by atoms with E-state index in [0.29, 0.717) is 18.1 Å². The second-order valence-electron chi connectivity index (χ2n) is 6.79. The number of anilines is 1. The molecule has 0 saturated carbocycles. The molecule has 0 aliphatic carbocycles. The van der Waals surface area contributed by atoms with Crippen LogP contribution in [0.25, 0.3) is 0 Å². The Morgan fingerprint density at radius 1 is 1.17 bits per heavy atom. The molecule has 2 aromatic carbocycles. The Morgan fingerprint density at radius 3 is 2.48 bits per heavy atom. The lowest BCUT2D eigenvalue weighted by Gasteiger charge is -2.13. The van der Waals surface area contributed by atoms with Crippen molar-refractivity contribution < 1.29 is 4.79 Å². The summed E-state index contributed by atoms with van der Waals surface area (Å²) < 4.78 is 1.02. The minimum atomic E-state index is -0.204. The number of amides is 1. The Kier molecular flexibility index (Phi) is 7.28. The molecule has 1 amide bonds. The fraction of sp³-hybridized carbons (Fsp3) is 0.227. The molecule has 1 aliphatic rings. The zero-order chi connectivity index (χ0) is 20.8. The molecule has 7 heteroatoms. The van der Waals surface area contributed by atoms with Crippen molar-refractivity contribution in [3.05, 3.63) is 76.8 Å². The summed E-state index contributed by atoms with van der Waals surface area (Å²) >= 11 is 4.89. The first-order valence-corrected chi connectivity index (χ1v) is 10.9. The van der Waals surface area contributed by atoms with Crippen molar-refractivity contribution in [3.8, 4) is 0 Å². The number of nitrogens with zero attached hydrogens (tertiary/aromatic N) is 4. The fourth-order valence-corrected chi connectivity index (χ4v) is 4.26. The largest absolute Gasteiger partial charge is 0.378 e. The van der Waals surface area contributed by atoms with Gasteiger partial charge in [-0.25, -0.2) is 0 Å². The van der Waals surface area contributed by atoms with Gasteiger partial charge in [-0.2, -0.15) is 5.10 Å². The maximum atomic E-state index is 12.8. The Hall–Kier alpha value is -2.38. The highest BCUT2D eigenvalue weighted by Gasteiger charge is 2.37. The van der Waals surface area contributed by atoms with E-state index in [1.165, 1.54) is 11.8 Å². The Morgan fingerprint density at radius 2 is 1.86 bits per heavy atom. The van der Waals surface area contributed by atoms with Crippen LogP contribution in [0.1, 0.15) is 11.1 Å². The molecule has 0 unspecified atom stereocenters. The molecule has 150 valence electrons. The summed E-state index contributed by atoms with van der Waals surface area (Å²) in [5, 5.41) is 8.94. The average Bonchev–Trinajstić information content (AvgIpc) is 2.99. The summed E-state index contributed by atoms with van der Waals surface area (Å²) in [6.45, 7) is 4.18. The van der Waals surface area contributed by atoms with Crippen LogP contribution in [0.4, 0.5) is 5.69 Å². The third-order valence-corrected chi connectivity index (χ3v) is 6.12. The molecule has 1 aliphatic heterocycles. The topological polar surface area (TPSA) is 48.3 Å². The number of hydrogen-bond acceptors (Lipinski definition) is 5. The van der Waals surface area contributed by atoms with Crippen molar-refractivity contribution in [3.63, 3.8) is 0 Å². The van der Waals surface area contributed by atoms with E-state index < -0.39 is 0 Å². The van der Waals surface area contributed by atoms with Crippen LogP contribution in [0.15, 0.2) is 75.9 Å². The van der Waals surface area contributed by atoms with Crippen LogP contribution in [0, 0.1) is 0 Å². The van der Waals surface area contributed by atoms with Gasteiger partial charge < -0.3 is 4.90 Å². The highest BCUT2D eigenvalue weighted by atomic mass is 79.9. The van der Waals surface area contributed by atoms with Gasteiger partial charge in [0.25, 0.3) is 0 Å². The lowest BCUT2D eigenvalue weighted by Crippen LogP contribution is -2.32. The SMILES string of the molecule is C=CCN1C(=O)[C@@H](Cc2ccc(Br)cc2)S/C1=N/N=C\c1ccc(N(C)C)cc1. The maximum Gasteiger partial charge on any atom is 0.242 e. The number of carbonyl (C=O) groups is 1. The normalized spacial score (nSPS) is 18.0. The summed E-state index contributed by atoms with van der Waals surface area (Å²) in [4.78, 5) is 16.5. The number of carbonyl (C=O) groups excluding carboxylic acids is 1. The minimum absolute atomic E-state index is 0.0436. The van der Waals surface area contributed by atoms with Gasteiger partial charge in [0.1, 0.15) is 0 Å². The second kappa shape index (κ2) is 9.89. The predicted molar refractivity (Wildman–Crippen MR) is 127 cm³/mol. The summed E-state index contributed by atoms with van der Waals surface area (Å²) in [7, 11) is 4.00. The van der Waals surface area contributed by atoms with E-state index in [0.717, 1.165) is 21.3 Å². The van der Waals surface area contributed by atoms with Gasteiger partial charge in [-0.3, -0.25) is 9.69 Å². The van der Waals surface area contributed by atoms with Crippen molar-refractivity contribution >= 4 is 50.7 Å². The van der Waals surface area contributed by atoms with Crippen LogP contribution < -0.4 is 4.90 Å². The first-order chi connectivity index (χ1) is 14.0. The van der Waals surface area contributed by atoms with Crippen LogP contribution >= 0.6 is 27.7 Å². The van der Waals surface area contributed by atoms with E-state index in [1.807, 2.05) is 67.5 Å². The third-order valence-electron chi connectivity index (χ3n) is 4.43. The molecule has 0 bridgehead atoms. The fourth-order valence-electron chi connectivity index (χ4n) is 2.85. The number of amidine groups is 1. The van der Waals surface area contributed by atoms with Crippen molar-refractivity contribution in [1.82, 2.24) is 4.90 Å². The molecule has 3 rings (SSSR count). The van der Waals surface area contributed by atoms with E-state index in [1.54, 1.807) is 17.2 Å². The van der Waals surface area contributed by atoms with Crippen molar-refractivity contribution in [1.29, 1.82) is 0 Å². The molecule has 1 heterocycles. The number of hydrogen-bond donors (Lipinski definition) is 0. The van der Waals surface area contributed by atoms with Gasteiger partial charge in [-0.05, 0) is 41.8 Å². The van der Waals surface area contributed by atoms with Crippen molar-refractivity contribution in [2.24, 2.45) is 10.2 Å². The number of halogens is 1. The Labute approximate surface area is 184 Å². The quantitative estimate of drug-likeness (QED) is 0.338. The molecule has 2 aromatic rings. The molecule has 29 heavy (non-hydrogen) atoms. The first-order valence-electron chi connectivity index (χ1n) is 9.19. The summed E-state index contributed by atoms with van der Waals surface area (Å²) in [5.74, 6) is 0.0436. The van der Waals surface area contributed by atoms with Gasteiger partial charge in [0.2, 0.25) is 5.91 Å². The molecular weight excluding hydrogens is 448 g/mol. The monoisotopic (exact) mass is 470 g/mol. The highest BCUT2D eigenvalue weighted by molar-refractivity contribution is 9.10. The predicted octanol–water partition coefficient (Wildman–Crippen LogP) is 4.58. The summed E-state index contributed by atoms with van der Waals surface area (Å²) in [5.41, 5.74) is 3.19. The van der Waals surface area contributed by atoms with Crippen molar-refractivity contribution in [2.45, 2.75) is 11.7 Å². The molecule has 0 aromatic heterocycles. The van der Waals surface area contributed by atoms with Crippen LogP contribution in [0.5, 0.6) is 0 Å². The number of thioether (sulfide) groups is 1. The smallest absolute Gasteiger partial charge is 0.242 e. The van der Waals surface area contributed by atoms with Gasteiger partial charge in [0.05, 0.1) is 11.5 Å². The molecule has 1 fully saturated rings. The first kappa shape index (κ1) is 21.3. The minimum Gasteiger partial charge on any atom is -0.378 e. The zero-order valence-corrected chi connectivity index (χ0v) is 18.9. The van der Waals surface area contributed by atoms with Crippen LogP contribution in [0.2, 0.25) is 0 Å². The molecule has 0 spiro atoms. The van der Waals surface area contributed by atoms with Gasteiger partial charge in [0, 0.05) is 30.8 Å².